The van der Waals surface area contributed by atoms with Crippen LogP contribution >= 0.6 is 0 Å². The summed E-state index contributed by atoms with van der Waals surface area (Å²) >= 11 is 0. The Balaban J connectivity index is 1.48. The Kier molecular flexibility index (Phi) is 5.67. The van der Waals surface area contributed by atoms with Crippen molar-refractivity contribution >= 4 is 11.9 Å². The van der Waals surface area contributed by atoms with Gasteiger partial charge in [0.1, 0.15) is 5.75 Å². The van der Waals surface area contributed by atoms with E-state index in [1.165, 1.54) is 0 Å². The molecule has 0 radical (unpaired) electrons. The van der Waals surface area contributed by atoms with E-state index in [2.05, 4.69) is 5.32 Å². The molecular weight excluding hydrogens is 318 g/mol. The summed E-state index contributed by atoms with van der Waals surface area (Å²) in [4.78, 5) is 23.3. The van der Waals surface area contributed by atoms with Gasteiger partial charge in [0, 0.05) is 12.5 Å². The Labute approximate surface area is 147 Å². The second kappa shape index (κ2) is 8.33. The van der Waals surface area contributed by atoms with E-state index < -0.39 is 5.97 Å². The number of nitrogens with one attached hydrogen (secondary N) is 1. The third-order valence-electron chi connectivity index (χ3n) is 3.86. The van der Waals surface area contributed by atoms with Gasteiger partial charge in [-0.15, -0.1) is 0 Å². The third-order valence-corrected chi connectivity index (χ3v) is 3.86. The lowest BCUT2D eigenvalue weighted by Crippen LogP contribution is -2.31. The van der Waals surface area contributed by atoms with Crippen LogP contribution in [0.4, 0.5) is 0 Å². The number of ether oxygens (including phenoxy) is 2. The van der Waals surface area contributed by atoms with Crippen LogP contribution in [0.5, 0.6) is 5.75 Å². The molecule has 130 valence electrons. The molecule has 1 N–H and O–H groups in total. The molecule has 0 unspecified atom stereocenters. The molecule has 1 saturated carbocycles. The van der Waals surface area contributed by atoms with E-state index in [0.29, 0.717) is 5.75 Å². The number of esters is 1. The first kappa shape index (κ1) is 17.0. The Morgan fingerprint density at radius 2 is 1.68 bits per heavy atom. The van der Waals surface area contributed by atoms with Crippen LogP contribution in [0.1, 0.15) is 24.0 Å². The van der Waals surface area contributed by atoms with Gasteiger partial charge in [0.15, 0.2) is 13.2 Å². The van der Waals surface area contributed by atoms with E-state index in [0.717, 1.165) is 30.4 Å². The van der Waals surface area contributed by atoms with E-state index in [1.54, 1.807) is 0 Å². The van der Waals surface area contributed by atoms with Gasteiger partial charge in [-0.05, 0) is 30.0 Å². The third kappa shape index (κ3) is 5.64. The van der Waals surface area contributed by atoms with Crippen molar-refractivity contribution in [3.63, 3.8) is 0 Å². The quantitative estimate of drug-likeness (QED) is 0.751. The van der Waals surface area contributed by atoms with Crippen molar-refractivity contribution in [2.24, 2.45) is 0 Å². The zero-order chi connectivity index (χ0) is 17.5. The van der Waals surface area contributed by atoms with Crippen molar-refractivity contribution in [1.29, 1.82) is 0 Å². The molecule has 3 rings (SSSR count). The minimum atomic E-state index is -0.555. The van der Waals surface area contributed by atoms with Crippen LogP contribution in [-0.2, 0) is 20.7 Å². The predicted molar refractivity (Wildman–Crippen MR) is 93.3 cm³/mol. The van der Waals surface area contributed by atoms with Crippen molar-refractivity contribution in [3.05, 3.63) is 65.7 Å². The molecule has 0 aliphatic heterocycles. The normalized spacial score (nSPS) is 13.1. The monoisotopic (exact) mass is 339 g/mol. The summed E-state index contributed by atoms with van der Waals surface area (Å²) in [6.07, 6.45) is 2.72. The molecular formula is C20H21NO4. The van der Waals surface area contributed by atoms with Gasteiger partial charge >= 0.3 is 5.97 Å². The lowest BCUT2D eigenvalue weighted by molar-refractivity contribution is -0.150. The number of benzene rings is 2. The molecule has 0 saturated heterocycles. The second-order valence-corrected chi connectivity index (χ2v) is 6.06. The number of carbonyl (C=O) groups is 2. The summed E-state index contributed by atoms with van der Waals surface area (Å²) in [6.45, 7) is -0.479. The van der Waals surface area contributed by atoms with Crippen LogP contribution in [-0.4, -0.2) is 31.1 Å². The van der Waals surface area contributed by atoms with E-state index in [4.69, 9.17) is 9.47 Å². The van der Waals surface area contributed by atoms with Crippen LogP contribution < -0.4 is 10.1 Å². The van der Waals surface area contributed by atoms with Gasteiger partial charge in [-0.25, -0.2) is 4.79 Å². The maximum Gasteiger partial charge on any atom is 0.344 e. The Morgan fingerprint density at radius 3 is 2.44 bits per heavy atom. The minimum absolute atomic E-state index is 0.220. The zero-order valence-corrected chi connectivity index (χ0v) is 13.9. The molecule has 0 aromatic heterocycles. The summed E-state index contributed by atoms with van der Waals surface area (Å²) in [7, 11) is 0. The summed E-state index contributed by atoms with van der Waals surface area (Å²) in [5.74, 6) is -0.175. The molecule has 5 heteroatoms. The number of para-hydroxylation sites is 1. The van der Waals surface area contributed by atoms with Crippen LogP contribution in [0.3, 0.4) is 0 Å². The Bertz CT molecular complexity index is 725. The lowest BCUT2D eigenvalue weighted by Gasteiger charge is -2.11. The van der Waals surface area contributed by atoms with Gasteiger partial charge in [-0.2, -0.15) is 0 Å². The Morgan fingerprint density at radius 1 is 0.960 bits per heavy atom. The van der Waals surface area contributed by atoms with Crippen LogP contribution in [0, 0.1) is 0 Å². The van der Waals surface area contributed by atoms with E-state index in [1.807, 2.05) is 54.6 Å². The fourth-order valence-electron chi connectivity index (χ4n) is 2.43. The zero-order valence-electron chi connectivity index (χ0n) is 13.9. The molecule has 0 bridgehead atoms. The maximum atomic E-state index is 11.8. The van der Waals surface area contributed by atoms with Crippen LogP contribution in [0.2, 0.25) is 0 Å². The molecule has 1 aliphatic carbocycles. The standard InChI is InChI=1S/C20H21NO4/c22-19(21-17-10-11-17)13-25-20(23)14-24-18-9-5-4-8-16(18)12-15-6-2-1-3-7-15/h1-9,17H,10-14H2,(H,21,22). The van der Waals surface area contributed by atoms with Crippen molar-refractivity contribution in [2.75, 3.05) is 13.2 Å². The van der Waals surface area contributed by atoms with Gasteiger partial charge in [0.25, 0.3) is 5.91 Å². The average Bonchev–Trinajstić information content (AvgIpc) is 3.44. The van der Waals surface area contributed by atoms with Gasteiger partial charge in [0.05, 0.1) is 0 Å². The van der Waals surface area contributed by atoms with Crippen molar-refractivity contribution in [2.45, 2.75) is 25.3 Å². The SMILES string of the molecule is O=C(COC(=O)COc1ccccc1Cc1ccccc1)NC1CC1. The molecule has 1 fully saturated rings. The van der Waals surface area contributed by atoms with Crippen LogP contribution in [0.25, 0.3) is 0 Å². The maximum absolute atomic E-state index is 11.8. The fourth-order valence-corrected chi connectivity index (χ4v) is 2.43. The smallest absolute Gasteiger partial charge is 0.344 e. The highest BCUT2D eigenvalue weighted by molar-refractivity contribution is 5.81. The van der Waals surface area contributed by atoms with Gasteiger partial charge in [-0.3, -0.25) is 4.79 Å². The molecule has 2 aromatic carbocycles. The summed E-state index contributed by atoms with van der Waals surface area (Å²) < 4.78 is 10.5. The molecule has 0 heterocycles. The molecule has 1 amide bonds. The Hall–Kier alpha value is -2.82. The number of hydrogen-bond acceptors (Lipinski definition) is 4. The fraction of sp³-hybridized carbons (Fsp3) is 0.300. The largest absolute Gasteiger partial charge is 0.482 e. The number of rotatable bonds is 8. The molecule has 2 aromatic rings. The topological polar surface area (TPSA) is 64.6 Å². The van der Waals surface area contributed by atoms with E-state index in [-0.39, 0.29) is 25.2 Å². The first-order valence-electron chi connectivity index (χ1n) is 8.40. The van der Waals surface area contributed by atoms with Crippen molar-refractivity contribution < 1.29 is 19.1 Å². The van der Waals surface area contributed by atoms with E-state index >= 15 is 0 Å². The molecule has 1 aliphatic rings. The average molecular weight is 339 g/mol. The van der Waals surface area contributed by atoms with Gasteiger partial charge in [-0.1, -0.05) is 48.5 Å². The highest BCUT2D eigenvalue weighted by Crippen LogP contribution is 2.21. The number of hydrogen-bond donors (Lipinski definition) is 1. The van der Waals surface area contributed by atoms with Crippen LogP contribution in [0.15, 0.2) is 54.6 Å². The van der Waals surface area contributed by atoms with E-state index in [9.17, 15) is 9.59 Å². The molecule has 5 nitrogen and oxygen atoms in total. The second-order valence-electron chi connectivity index (χ2n) is 6.06. The summed E-state index contributed by atoms with van der Waals surface area (Å²) in [5.41, 5.74) is 2.16. The first-order chi connectivity index (χ1) is 12.2. The minimum Gasteiger partial charge on any atom is -0.482 e. The van der Waals surface area contributed by atoms with Crippen molar-refractivity contribution in [1.82, 2.24) is 5.32 Å². The predicted octanol–water partition coefficient (Wildman–Crippen LogP) is 2.48. The lowest BCUT2D eigenvalue weighted by atomic mass is 10.0. The van der Waals surface area contributed by atoms with Crippen molar-refractivity contribution in [3.8, 4) is 5.75 Å². The number of carbonyl (C=O) groups excluding carboxylic acids is 2. The highest BCUT2D eigenvalue weighted by Gasteiger charge is 2.23. The molecule has 0 atom stereocenters. The molecule has 25 heavy (non-hydrogen) atoms. The highest BCUT2D eigenvalue weighted by atomic mass is 16.6. The summed E-state index contributed by atoms with van der Waals surface area (Å²) in [5, 5.41) is 2.76. The van der Waals surface area contributed by atoms with Gasteiger partial charge in [0.2, 0.25) is 0 Å². The number of amides is 1. The molecule has 0 spiro atoms. The first-order valence-corrected chi connectivity index (χ1v) is 8.40. The van der Waals surface area contributed by atoms with Gasteiger partial charge < -0.3 is 14.8 Å². The summed E-state index contributed by atoms with van der Waals surface area (Å²) in [6, 6.07) is 17.9.